The average molecular weight is 656 g/mol. The molecule has 8 nitrogen and oxygen atoms in total. The van der Waals surface area contributed by atoms with Crippen molar-refractivity contribution >= 4 is 69.5 Å². The SMILES string of the molecule is CCOc1cc(C=NNC(=O)CC(=O)Nc2ccc(OC)cc2)cc(I)c1OCc1ccc(Cl)cc1Cl. The maximum absolute atomic E-state index is 12.1. The third-order valence-electron chi connectivity index (χ3n) is 4.82. The van der Waals surface area contributed by atoms with E-state index in [-0.39, 0.29) is 13.0 Å². The summed E-state index contributed by atoms with van der Waals surface area (Å²) in [4.78, 5) is 24.2. The van der Waals surface area contributed by atoms with Crippen LogP contribution < -0.4 is 25.0 Å². The molecule has 0 heterocycles. The molecule has 0 bridgehead atoms. The first kappa shape index (κ1) is 28.5. The molecule has 194 valence electrons. The summed E-state index contributed by atoms with van der Waals surface area (Å²) in [6, 6.07) is 15.6. The number of hydrogen-bond acceptors (Lipinski definition) is 6. The molecule has 0 radical (unpaired) electrons. The van der Waals surface area contributed by atoms with Crippen molar-refractivity contribution in [3.63, 3.8) is 0 Å². The van der Waals surface area contributed by atoms with E-state index in [1.165, 1.54) is 6.21 Å². The van der Waals surface area contributed by atoms with Crippen LogP contribution in [0.3, 0.4) is 0 Å². The Hall–Kier alpha value is -3.02. The first-order valence-corrected chi connectivity index (χ1v) is 12.9. The summed E-state index contributed by atoms with van der Waals surface area (Å²) in [5, 5.41) is 7.66. The van der Waals surface area contributed by atoms with E-state index in [2.05, 4.69) is 38.4 Å². The molecule has 0 atom stereocenters. The van der Waals surface area contributed by atoms with E-state index < -0.39 is 11.8 Å². The Bertz CT molecular complexity index is 1290. The van der Waals surface area contributed by atoms with E-state index in [0.29, 0.717) is 45.2 Å². The number of anilines is 1. The number of halogens is 3. The van der Waals surface area contributed by atoms with E-state index in [1.54, 1.807) is 55.6 Å². The number of methoxy groups -OCH3 is 1. The zero-order valence-electron chi connectivity index (χ0n) is 20.0. The van der Waals surface area contributed by atoms with E-state index >= 15 is 0 Å². The van der Waals surface area contributed by atoms with Gasteiger partial charge in [0.1, 0.15) is 18.8 Å². The molecular weight excluding hydrogens is 632 g/mol. The number of carbonyl (C=O) groups is 2. The minimum absolute atomic E-state index is 0.230. The molecule has 3 aromatic rings. The Labute approximate surface area is 238 Å². The topological polar surface area (TPSA) is 98.2 Å². The highest BCUT2D eigenvalue weighted by Gasteiger charge is 2.14. The highest BCUT2D eigenvalue weighted by Crippen LogP contribution is 2.35. The minimum atomic E-state index is -0.554. The first-order valence-electron chi connectivity index (χ1n) is 11.1. The van der Waals surface area contributed by atoms with Crippen LogP contribution in [0.25, 0.3) is 0 Å². The van der Waals surface area contributed by atoms with Gasteiger partial charge in [-0.2, -0.15) is 5.10 Å². The highest BCUT2D eigenvalue weighted by molar-refractivity contribution is 14.1. The van der Waals surface area contributed by atoms with Crippen LogP contribution in [-0.4, -0.2) is 31.7 Å². The second kappa shape index (κ2) is 14.1. The quantitative estimate of drug-likeness (QED) is 0.113. The average Bonchev–Trinajstić information content (AvgIpc) is 2.85. The summed E-state index contributed by atoms with van der Waals surface area (Å²) in [5.74, 6) is 0.726. The predicted octanol–water partition coefficient (Wildman–Crippen LogP) is 6.06. The van der Waals surface area contributed by atoms with Gasteiger partial charge in [-0.1, -0.05) is 29.3 Å². The largest absolute Gasteiger partial charge is 0.497 e. The Morgan fingerprint density at radius 3 is 2.46 bits per heavy atom. The summed E-state index contributed by atoms with van der Waals surface area (Å²) < 4.78 is 17.6. The van der Waals surface area contributed by atoms with Crippen LogP contribution in [0.4, 0.5) is 5.69 Å². The zero-order chi connectivity index (χ0) is 26.8. The van der Waals surface area contributed by atoms with Crippen LogP contribution in [0.15, 0.2) is 59.7 Å². The van der Waals surface area contributed by atoms with Gasteiger partial charge < -0.3 is 19.5 Å². The standard InChI is InChI=1S/C26H24Cl2IN3O5/c1-3-36-23-11-16(10-22(29)26(23)37-15-17-4-5-18(27)12-21(17)28)14-30-32-25(34)13-24(33)31-19-6-8-20(35-2)9-7-19/h4-12,14H,3,13,15H2,1-2H3,(H,31,33)(H,32,34). The van der Waals surface area contributed by atoms with E-state index in [1.807, 2.05) is 13.0 Å². The van der Waals surface area contributed by atoms with Crippen molar-refractivity contribution in [1.29, 1.82) is 0 Å². The fourth-order valence-corrected chi connectivity index (χ4v) is 4.34. The summed E-state index contributed by atoms with van der Waals surface area (Å²) in [5.41, 5.74) is 4.37. The van der Waals surface area contributed by atoms with Crippen molar-refractivity contribution in [3.05, 3.63) is 79.3 Å². The summed E-state index contributed by atoms with van der Waals surface area (Å²) >= 11 is 14.3. The number of ether oxygens (including phenoxy) is 3. The molecule has 0 saturated heterocycles. The van der Waals surface area contributed by atoms with Crippen molar-refractivity contribution in [2.24, 2.45) is 5.10 Å². The Morgan fingerprint density at radius 2 is 1.78 bits per heavy atom. The molecule has 0 unspecified atom stereocenters. The maximum atomic E-state index is 12.1. The van der Waals surface area contributed by atoms with Gasteiger partial charge >= 0.3 is 0 Å². The second-order valence-corrected chi connectivity index (χ2v) is 9.54. The molecule has 11 heteroatoms. The van der Waals surface area contributed by atoms with Gasteiger partial charge in [-0.3, -0.25) is 9.59 Å². The summed E-state index contributed by atoms with van der Waals surface area (Å²) in [7, 11) is 1.55. The van der Waals surface area contributed by atoms with E-state index in [4.69, 9.17) is 37.4 Å². The van der Waals surface area contributed by atoms with Gasteiger partial charge in [0.25, 0.3) is 0 Å². The lowest BCUT2D eigenvalue weighted by atomic mass is 10.2. The highest BCUT2D eigenvalue weighted by atomic mass is 127. The van der Waals surface area contributed by atoms with Gasteiger partial charge in [0.05, 0.1) is 23.5 Å². The van der Waals surface area contributed by atoms with Crippen molar-refractivity contribution in [3.8, 4) is 17.2 Å². The van der Waals surface area contributed by atoms with E-state index in [0.717, 1.165) is 9.13 Å². The fraction of sp³-hybridized carbons (Fsp3) is 0.192. The first-order chi connectivity index (χ1) is 17.8. The van der Waals surface area contributed by atoms with Gasteiger partial charge in [-0.05, 0) is 83.6 Å². The van der Waals surface area contributed by atoms with Crippen molar-refractivity contribution < 1.29 is 23.8 Å². The molecule has 2 N–H and O–H groups in total. The van der Waals surface area contributed by atoms with Crippen LogP contribution in [0.1, 0.15) is 24.5 Å². The number of carbonyl (C=O) groups excluding carboxylic acids is 2. The normalized spacial score (nSPS) is 10.7. The van der Waals surface area contributed by atoms with Crippen LogP contribution in [0, 0.1) is 3.57 Å². The van der Waals surface area contributed by atoms with Gasteiger partial charge in [0, 0.05) is 21.3 Å². The monoisotopic (exact) mass is 655 g/mol. The van der Waals surface area contributed by atoms with Crippen LogP contribution in [0.5, 0.6) is 17.2 Å². The smallest absolute Gasteiger partial charge is 0.249 e. The lowest BCUT2D eigenvalue weighted by Crippen LogP contribution is -2.24. The Balaban J connectivity index is 1.59. The maximum Gasteiger partial charge on any atom is 0.249 e. The zero-order valence-corrected chi connectivity index (χ0v) is 23.7. The molecule has 3 rings (SSSR count). The number of rotatable bonds is 11. The molecule has 2 amide bonds. The molecule has 0 spiro atoms. The second-order valence-electron chi connectivity index (χ2n) is 7.53. The van der Waals surface area contributed by atoms with Crippen LogP contribution in [-0.2, 0) is 16.2 Å². The number of nitrogens with zero attached hydrogens (tertiary/aromatic N) is 1. The van der Waals surface area contributed by atoms with Gasteiger partial charge in [-0.15, -0.1) is 0 Å². The number of benzene rings is 3. The predicted molar refractivity (Wildman–Crippen MR) is 153 cm³/mol. The number of amides is 2. The third kappa shape index (κ3) is 8.80. The van der Waals surface area contributed by atoms with Gasteiger partial charge in [0.15, 0.2) is 11.5 Å². The molecule has 0 saturated carbocycles. The Kier molecular flexibility index (Phi) is 10.8. The molecule has 0 aliphatic rings. The molecule has 0 aliphatic heterocycles. The molecule has 0 fully saturated rings. The van der Waals surface area contributed by atoms with Gasteiger partial charge in [-0.25, -0.2) is 5.43 Å². The third-order valence-corrected chi connectivity index (χ3v) is 6.20. The van der Waals surface area contributed by atoms with Crippen LogP contribution >= 0.6 is 45.8 Å². The molecule has 3 aromatic carbocycles. The lowest BCUT2D eigenvalue weighted by molar-refractivity contribution is -0.126. The molecule has 0 aliphatic carbocycles. The summed E-state index contributed by atoms with van der Waals surface area (Å²) in [6.45, 7) is 2.52. The molecule has 37 heavy (non-hydrogen) atoms. The number of nitrogens with one attached hydrogen (secondary N) is 2. The number of hydrazone groups is 1. The Morgan fingerprint density at radius 1 is 1.03 bits per heavy atom. The summed E-state index contributed by atoms with van der Waals surface area (Å²) in [6.07, 6.45) is 1.08. The lowest BCUT2D eigenvalue weighted by Gasteiger charge is -2.15. The van der Waals surface area contributed by atoms with Gasteiger partial charge in [0.2, 0.25) is 11.8 Å². The molecular formula is C26H24Cl2IN3O5. The van der Waals surface area contributed by atoms with Crippen molar-refractivity contribution in [1.82, 2.24) is 5.43 Å². The molecule has 0 aromatic heterocycles. The van der Waals surface area contributed by atoms with Crippen molar-refractivity contribution in [2.45, 2.75) is 20.0 Å². The number of hydrogen-bond donors (Lipinski definition) is 2. The minimum Gasteiger partial charge on any atom is -0.497 e. The van der Waals surface area contributed by atoms with E-state index in [9.17, 15) is 9.59 Å². The van der Waals surface area contributed by atoms with Crippen LogP contribution in [0.2, 0.25) is 10.0 Å². The fourth-order valence-electron chi connectivity index (χ4n) is 3.10. The van der Waals surface area contributed by atoms with Crippen molar-refractivity contribution in [2.75, 3.05) is 19.0 Å².